The van der Waals surface area contributed by atoms with E-state index in [1.807, 2.05) is 56.0 Å². The lowest BCUT2D eigenvalue weighted by molar-refractivity contribution is -0.140. The van der Waals surface area contributed by atoms with E-state index in [1.54, 1.807) is 42.5 Å². The molecule has 2 saturated heterocycles. The van der Waals surface area contributed by atoms with Crippen LogP contribution in [0, 0.1) is 12.8 Å². The number of aromatic nitrogens is 3. The third-order valence-electron chi connectivity index (χ3n) is 11.2. The van der Waals surface area contributed by atoms with Gasteiger partial charge in [0.05, 0.1) is 53.1 Å². The lowest BCUT2D eigenvalue weighted by Gasteiger charge is -2.39. The maximum atomic E-state index is 14.0. The van der Waals surface area contributed by atoms with Crippen molar-refractivity contribution in [3.63, 3.8) is 0 Å². The van der Waals surface area contributed by atoms with Gasteiger partial charge in [-0.15, -0.1) is 0 Å². The molecule has 1 unspecified atom stereocenters. The van der Waals surface area contributed by atoms with E-state index < -0.39 is 5.60 Å². The van der Waals surface area contributed by atoms with Crippen molar-refractivity contribution in [2.24, 2.45) is 5.92 Å². The zero-order chi connectivity index (χ0) is 42.6. The molecule has 3 aromatic carbocycles. The van der Waals surface area contributed by atoms with Gasteiger partial charge in [-0.1, -0.05) is 61.8 Å². The number of aryl methyl sites for hydroxylation is 1. The Balaban J connectivity index is 0.00000297. The lowest BCUT2D eigenvalue weighted by atomic mass is 9.88. The minimum absolute atomic E-state index is 0.0126. The van der Waals surface area contributed by atoms with Gasteiger partial charge >= 0.3 is 0 Å². The third-order valence-corrected chi connectivity index (χ3v) is 11.5. The van der Waals surface area contributed by atoms with Crippen LogP contribution in [-0.2, 0) is 27.3 Å². The molecule has 2 aliphatic heterocycles. The van der Waals surface area contributed by atoms with Gasteiger partial charge in [0.1, 0.15) is 0 Å². The molecule has 2 aromatic heterocycles. The number of rotatable bonds is 14. The van der Waals surface area contributed by atoms with Gasteiger partial charge in [-0.2, -0.15) is 0 Å². The minimum Gasteiger partial charge on any atom is -0.388 e. The Morgan fingerprint density at radius 3 is 2.42 bits per heavy atom. The van der Waals surface area contributed by atoms with Crippen molar-refractivity contribution in [1.29, 1.82) is 0 Å². The zero-order valence-corrected chi connectivity index (χ0v) is 35.5. The van der Waals surface area contributed by atoms with Crippen molar-refractivity contribution in [1.82, 2.24) is 29.7 Å². The number of anilines is 1. The summed E-state index contributed by atoms with van der Waals surface area (Å²) in [5.74, 6) is -0.628. The smallest absolute Gasteiger partial charge is 0.261 e. The first-order valence-electron chi connectivity index (χ1n) is 21.0. The number of likely N-dealkylation sites (tertiary alicyclic amines) is 1. The molecule has 0 bridgehead atoms. The molecule has 0 saturated carbocycles. The number of nitrogens with one attached hydrogen (secondary N) is 2. The van der Waals surface area contributed by atoms with Crippen LogP contribution < -0.4 is 16.2 Å². The van der Waals surface area contributed by atoms with Crippen LogP contribution in [0.1, 0.15) is 67.6 Å². The SMILES string of the molecule is CC.Cc1cc(Cl)c2ccc(C(=O)NCCCC(Cc3ccccc3)C(=O)N3CCC(O)(Cn4cnc5cc(NC(=O)CCN6CCOCC6)ccc5c4=O)CC3)cc2n1. The highest BCUT2D eigenvalue weighted by Gasteiger charge is 2.36. The summed E-state index contributed by atoms with van der Waals surface area (Å²) < 4.78 is 6.80. The average molecular weight is 838 g/mol. The van der Waals surface area contributed by atoms with Gasteiger partial charge in [-0.05, 0) is 81.0 Å². The van der Waals surface area contributed by atoms with Gasteiger partial charge in [-0.3, -0.25) is 33.6 Å². The lowest BCUT2D eigenvalue weighted by Crippen LogP contribution is -2.51. The highest BCUT2D eigenvalue weighted by molar-refractivity contribution is 6.35. The summed E-state index contributed by atoms with van der Waals surface area (Å²) in [5.41, 5.74) is 2.51. The number of amides is 3. The molecule has 3 N–H and O–H groups in total. The number of carbonyl (C=O) groups excluding carboxylic acids is 3. The molecule has 7 rings (SSSR count). The molecule has 0 aliphatic carbocycles. The second kappa shape index (κ2) is 20.9. The molecule has 318 valence electrons. The Hall–Kier alpha value is -5.21. The standard InChI is InChI=1S/C44H50ClN7O6.C2H6/c1-30-24-37(45)35-11-9-32(26-39(35)48-30)41(54)46-16-5-8-33(25-31-6-3-2-4-7-31)42(55)51-18-14-44(57,15-19-51)28-52-29-47-38-27-34(10-12-36(38)43(52)56)49-40(53)13-17-50-20-22-58-23-21-50;1-2/h2-4,6-7,9-12,24,26-27,29,33,57H,5,8,13-23,25,28H2,1H3,(H,46,54)(H,49,53);1-2H3. The summed E-state index contributed by atoms with van der Waals surface area (Å²) in [6.07, 6.45) is 4.13. The van der Waals surface area contributed by atoms with Crippen LogP contribution in [0.15, 0.2) is 83.9 Å². The number of halogens is 1. The van der Waals surface area contributed by atoms with Gasteiger partial charge in [0.15, 0.2) is 0 Å². The monoisotopic (exact) mass is 837 g/mol. The largest absolute Gasteiger partial charge is 0.388 e. The molecule has 0 spiro atoms. The zero-order valence-electron chi connectivity index (χ0n) is 34.8. The molecule has 2 fully saturated rings. The van der Waals surface area contributed by atoms with E-state index in [0.717, 1.165) is 29.7 Å². The molecule has 4 heterocycles. The number of ether oxygens (including phenoxy) is 1. The molecule has 2 aliphatic rings. The van der Waals surface area contributed by atoms with Crippen LogP contribution in [-0.4, -0.2) is 105 Å². The highest BCUT2D eigenvalue weighted by Crippen LogP contribution is 2.28. The third kappa shape index (κ3) is 11.5. The molecular weight excluding hydrogens is 782 g/mol. The molecule has 60 heavy (non-hydrogen) atoms. The Morgan fingerprint density at radius 2 is 1.67 bits per heavy atom. The molecule has 0 radical (unpaired) electrons. The van der Waals surface area contributed by atoms with Crippen LogP contribution in [0.2, 0.25) is 5.02 Å². The number of pyridine rings is 1. The van der Waals surface area contributed by atoms with E-state index in [2.05, 4.69) is 25.5 Å². The fourth-order valence-electron chi connectivity index (χ4n) is 7.85. The van der Waals surface area contributed by atoms with E-state index in [1.165, 1.54) is 10.9 Å². The Morgan fingerprint density at radius 1 is 0.933 bits per heavy atom. The quantitative estimate of drug-likeness (QED) is 0.114. The molecule has 14 heteroatoms. The predicted molar refractivity (Wildman–Crippen MR) is 235 cm³/mol. The summed E-state index contributed by atoms with van der Waals surface area (Å²) in [7, 11) is 0. The van der Waals surface area contributed by atoms with E-state index in [-0.39, 0.29) is 35.7 Å². The van der Waals surface area contributed by atoms with Gasteiger partial charge in [0, 0.05) is 73.9 Å². The summed E-state index contributed by atoms with van der Waals surface area (Å²) in [6, 6.07) is 22.0. The number of aliphatic hydroxyl groups is 1. The van der Waals surface area contributed by atoms with Crippen molar-refractivity contribution in [2.75, 3.05) is 57.8 Å². The van der Waals surface area contributed by atoms with Crippen LogP contribution in [0.25, 0.3) is 21.8 Å². The number of hydrogen-bond acceptors (Lipinski definition) is 9. The van der Waals surface area contributed by atoms with Crippen molar-refractivity contribution in [3.8, 4) is 0 Å². The molecule has 5 aromatic rings. The highest BCUT2D eigenvalue weighted by atomic mass is 35.5. The van der Waals surface area contributed by atoms with E-state index in [0.29, 0.717) is 111 Å². The van der Waals surface area contributed by atoms with Crippen LogP contribution in [0.5, 0.6) is 0 Å². The summed E-state index contributed by atoms with van der Waals surface area (Å²) in [6.45, 7) is 10.6. The summed E-state index contributed by atoms with van der Waals surface area (Å²) in [4.78, 5) is 66.2. The second-order valence-corrected chi connectivity index (χ2v) is 15.9. The molecular formula is C46H56ClN7O6. The van der Waals surface area contributed by atoms with Gasteiger partial charge in [0.2, 0.25) is 11.8 Å². The van der Waals surface area contributed by atoms with Gasteiger partial charge < -0.3 is 25.4 Å². The Labute approximate surface area is 356 Å². The minimum atomic E-state index is -1.20. The van der Waals surface area contributed by atoms with Crippen LogP contribution >= 0.6 is 11.6 Å². The van der Waals surface area contributed by atoms with Crippen molar-refractivity contribution < 1.29 is 24.2 Å². The first kappa shape index (κ1) is 44.3. The fourth-order valence-corrected chi connectivity index (χ4v) is 8.17. The number of morpholine rings is 1. The number of benzene rings is 3. The van der Waals surface area contributed by atoms with E-state index >= 15 is 0 Å². The molecule has 13 nitrogen and oxygen atoms in total. The topological polar surface area (TPSA) is 159 Å². The fraction of sp³-hybridized carbons (Fsp3) is 0.435. The number of nitrogens with zero attached hydrogens (tertiary/aromatic N) is 5. The maximum Gasteiger partial charge on any atom is 0.261 e. The number of carbonyl (C=O) groups is 3. The Kier molecular flexibility index (Phi) is 15.4. The summed E-state index contributed by atoms with van der Waals surface area (Å²) >= 11 is 6.36. The number of fused-ring (bicyclic) bond motifs is 2. The van der Waals surface area contributed by atoms with Gasteiger partial charge in [0.25, 0.3) is 11.5 Å². The van der Waals surface area contributed by atoms with Crippen molar-refractivity contribution in [3.05, 3.63) is 111 Å². The van der Waals surface area contributed by atoms with Crippen LogP contribution in [0.4, 0.5) is 5.69 Å². The Bertz CT molecular complexity index is 2320. The number of piperidine rings is 1. The first-order valence-corrected chi connectivity index (χ1v) is 21.4. The maximum absolute atomic E-state index is 14.0. The van der Waals surface area contributed by atoms with E-state index in [4.69, 9.17) is 16.3 Å². The van der Waals surface area contributed by atoms with Crippen molar-refractivity contribution in [2.45, 2.75) is 71.4 Å². The van der Waals surface area contributed by atoms with Crippen LogP contribution in [0.3, 0.4) is 0 Å². The summed E-state index contributed by atoms with van der Waals surface area (Å²) in [5, 5.41) is 19.3. The first-order chi connectivity index (χ1) is 29.0. The van der Waals surface area contributed by atoms with Crippen molar-refractivity contribution >= 4 is 56.8 Å². The van der Waals surface area contributed by atoms with E-state index in [9.17, 15) is 24.3 Å². The number of hydrogen-bond donors (Lipinski definition) is 3. The normalized spacial score (nSPS) is 15.8. The predicted octanol–water partition coefficient (Wildman–Crippen LogP) is 6.02. The molecule has 3 amide bonds. The second-order valence-electron chi connectivity index (χ2n) is 15.5. The average Bonchev–Trinajstić information content (AvgIpc) is 3.26. The molecule has 1 atom stereocenters. The van der Waals surface area contributed by atoms with Gasteiger partial charge in [-0.25, -0.2) is 4.98 Å².